The molecule has 52 heavy (non-hydrogen) atoms. The van der Waals surface area contributed by atoms with E-state index in [0.717, 1.165) is 76.5 Å². The third-order valence-corrected chi connectivity index (χ3v) is 10.8. The Labute approximate surface area is 303 Å². The number of hydrogen-bond donors (Lipinski definition) is 3. The number of likely N-dealkylation sites (N-methyl/N-ethyl adjacent to an activating group) is 1. The highest BCUT2D eigenvalue weighted by molar-refractivity contribution is 5.91. The molecule has 3 aliphatic heterocycles. The van der Waals surface area contributed by atoms with Crippen LogP contribution in [0.1, 0.15) is 73.9 Å². The van der Waals surface area contributed by atoms with Crippen LogP contribution < -0.4 is 5.32 Å². The minimum Gasteiger partial charge on any atom is -0.344 e. The first-order chi connectivity index (χ1) is 25.3. The first-order valence-electron chi connectivity index (χ1n) is 18.3. The summed E-state index contributed by atoms with van der Waals surface area (Å²) in [7, 11) is 3.91. The smallest absolute Gasteiger partial charge is 0.245 e. The molecule has 0 saturated carbocycles. The normalized spacial score (nSPS) is 20.8. The van der Waals surface area contributed by atoms with Gasteiger partial charge in [0.1, 0.15) is 23.7 Å². The maximum absolute atomic E-state index is 13.9. The van der Waals surface area contributed by atoms with Gasteiger partial charge in [0, 0.05) is 19.5 Å². The van der Waals surface area contributed by atoms with Crippen LogP contribution in [0.2, 0.25) is 0 Å². The number of hydrogen-bond acceptors (Lipinski definition) is 6. The van der Waals surface area contributed by atoms with E-state index >= 15 is 0 Å². The maximum Gasteiger partial charge on any atom is 0.245 e. The molecule has 5 aromatic rings. The Balaban J connectivity index is 0.927. The number of aromatic nitrogens is 4. The van der Waals surface area contributed by atoms with Crippen LogP contribution in [0.25, 0.3) is 33.6 Å². The van der Waals surface area contributed by atoms with Gasteiger partial charge < -0.3 is 25.1 Å². The van der Waals surface area contributed by atoms with Crippen molar-refractivity contribution >= 4 is 17.7 Å². The maximum atomic E-state index is 13.9. The van der Waals surface area contributed by atoms with Gasteiger partial charge in [0.2, 0.25) is 17.7 Å². The van der Waals surface area contributed by atoms with E-state index in [9.17, 15) is 14.4 Å². The van der Waals surface area contributed by atoms with Gasteiger partial charge >= 0.3 is 0 Å². The van der Waals surface area contributed by atoms with Crippen molar-refractivity contribution in [1.82, 2.24) is 40.0 Å². The topological polar surface area (TPSA) is 130 Å². The molecule has 3 saturated heterocycles. The average molecular weight is 697 g/mol. The van der Waals surface area contributed by atoms with E-state index in [1.165, 1.54) is 0 Å². The summed E-state index contributed by atoms with van der Waals surface area (Å²) in [6.07, 6.45) is 8.24. The number of carbonyl (C=O) groups is 3. The number of likely N-dealkylation sites (tertiary alicyclic amines) is 2. The van der Waals surface area contributed by atoms with Crippen LogP contribution in [0.5, 0.6) is 0 Å². The molecule has 0 radical (unpaired) electrons. The summed E-state index contributed by atoms with van der Waals surface area (Å²) >= 11 is 0. The Morgan fingerprint density at radius 1 is 0.712 bits per heavy atom. The zero-order valence-corrected chi connectivity index (χ0v) is 29.6. The third kappa shape index (κ3) is 6.52. The van der Waals surface area contributed by atoms with E-state index in [1.807, 2.05) is 71.5 Å². The number of aromatic amines is 2. The zero-order chi connectivity index (χ0) is 35.8. The Morgan fingerprint density at radius 3 is 1.75 bits per heavy atom. The lowest BCUT2D eigenvalue weighted by molar-refractivity contribution is -0.137. The van der Waals surface area contributed by atoms with Gasteiger partial charge in [0.25, 0.3) is 0 Å². The molecule has 3 aromatic carbocycles. The fourth-order valence-corrected chi connectivity index (χ4v) is 8.07. The Hall–Kier alpha value is -5.55. The number of nitrogens with one attached hydrogen (secondary N) is 3. The molecular formula is C41H44N8O3. The molecule has 2 aromatic heterocycles. The standard InChI is InChI=1S/C41H44N8O3/c1-47(2)37(30-8-4-3-5-9-30)41(52)49-23-7-11-35(49)39-43-25-33(46-39)29-18-14-27(15-19-29)26-12-16-28(17-13-26)32-24-42-38(45-32)34-10-6-22-48(34)40(51)31-20-21-36(50)44-31/h3-5,8-9,12-19,24-25,31,34-35,37H,6-7,10-11,20-23H2,1-2H3,(H,42,45)(H,43,46)(H,44,50)/t31-,34+,35+,37-/m1/s1. The molecule has 3 fully saturated rings. The quantitative estimate of drug-likeness (QED) is 0.172. The predicted octanol–water partition coefficient (Wildman–Crippen LogP) is 6.04. The summed E-state index contributed by atoms with van der Waals surface area (Å²) in [5.74, 6) is 1.63. The lowest BCUT2D eigenvalue weighted by atomic mass is 10.0. The zero-order valence-electron chi connectivity index (χ0n) is 29.6. The van der Waals surface area contributed by atoms with E-state index in [4.69, 9.17) is 4.98 Å². The largest absolute Gasteiger partial charge is 0.344 e. The van der Waals surface area contributed by atoms with Crippen LogP contribution >= 0.6 is 0 Å². The van der Waals surface area contributed by atoms with Gasteiger partial charge in [0.05, 0.1) is 35.9 Å². The van der Waals surface area contributed by atoms with Crippen LogP contribution in [0.4, 0.5) is 0 Å². The number of rotatable bonds is 9. The van der Waals surface area contributed by atoms with Gasteiger partial charge in [-0.1, -0.05) is 78.9 Å². The summed E-state index contributed by atoms with van der Waals surface area (Å²) < 4.78 is 0. The van der Waals surface area contributed by atoms with Gasteiger partial charge in [-0.05, 0) is 74.0 Å². The second-order valence-electron chi connectivity index (χ2n) is 14.3. The Bertz CT molecular complexity index is 2050. The predicted molar refractivity (Wildman–Crippen MR) is 198 cm³/mol. The SMILES string of the molecule is CN(C)[C@@H](C(=O)N1CCC[C@H]1c1ncc(-c2ccc(-c3ccc(-c4cnc([C@@H]5CCCN5C(=O)[C@H]5CCC(=O)N5)[nH]4)cc3)cc2)[nH]1)c1ccccc1. The molecule has 5 heterocycles. The molecule has 0 aliphatic carbocycles. The monoisotopic (exact) mass is 696 g/mol. The number of benzene rings is 3. The molecule has 11 nitrogen and oxygen atoms in total. The second kappa shape index (κ2) is 14.2. The molecule has 3 amide bonds. The van der Waals surface area contributed by atoms with Crippen molar-refractivity contribution in [3.63, 3.8) is 0 Å². The van der Waals surface area contributed by atoms with Crippen LogP contribution in [0.15, 0.2) is 91.3 Å². The van der Waals surface area contributed by atoms with Crippen molar-refractivity contribution in [1.29, 1.82) is 0 Å². The van der Waals surface area contributed by atoms with Gasteiger partial charge in [-0.3, -0.25) is 19.3 Å². The Morgan fingerprint density at radius 2 is 1.23 bits per heavy atom. The molecule has 4 atom stereocenters. The highest BCUT2D eigenvalue weighted by Crippen LogP contribution is 2.36. The van der Waals surface area contributed by atoms with Crippen molar-refractivity contribution in [2.24, 2.45) is 0 Å². The van der Waals surface area contributed by atoms with Gasteiger partial charge in [-0.2, -0.15) is 0 Å². The van der Waals surface area contributed by atoms with E-state index < -0.39 is 6.04 Å². The average Bonchev–Trinajstić information content (AvgIpc) is 4.02. The van der Waals surface area contributed by atoms with Gasteiger partial charge in [0.15, 0.2) is 0 Å². The van der Waals surface area contributed by atoms with Crippen molar-refractivity contribution in [3.8, 4) is 33.6 Å². The second-order valence-corrected chi connectivity index (χ2v) is 14.3. The first kappa shape index (κ1) is 33.6. The van der Waals surface area contributed by atoms with E-state index in [-0.39, 0.29) is 35.8 Å². The highest BCUT2D eigenvalue weighted by atomic mass is 16.2. The van der Waals surface area contributed by atoms with Crippen molar-refractivity contribution in [2.75, 3.05) is 27.2 Å². The first-order valence-corrected chi connectivity index (χ1v) is 18.3. The number of H-pyrrole nitrogens is 2. The third-order valence-electron chi connectivity index (χ3n) is 10.8. The lowest BCUT2D eigenvalue weighted by Gasteiger charge is -2.31. The van der Waals surface area contributed by atoms with Gasteiger partial charge in [-0.25, -0.2) is 9.97 Å². The molecule has 0 unspecified atom stereocenters. The van der Waals surface area contributed by atoms with Gasteiger partial charge in [-0.15, -0.1) is 0 Å². The minimum absolute atomic E-state index is 0.0144. The summed E-state index contributed by atoms with van der Waals surface area (Å²) in [4.78, 5) is 61.0. The number of amides is 3. The molecule has 0 bridgehead atoms. The summed E-state index contributed by atoms with van der Waals surface area (Å²) in [5, 5.41) is 2.81. The molecule has 266 valence electrons. The molecule has 0 spiro atoms. The van der Waals surface area contributed by atoms with Crippen LogP contribution in [0.3, 0.4) is 0 Å². The molecule has 3 N–H and O–H groups in total. The van der Waals surface area contributed by atoms with E-state index in [2.05, 4.69) is 68.8 Å². The Kier molecular flexibility index (Phi) is 9.19. The summed E-state index contributed by atoms with van der Waals surface area (Å²) in [6.45, 7) is 1.39. The minimum atomic E-state index is -0.428. The number of imidazole rings is 2. The summed E-state index contributed by atoms with van der Waals surface area (Å²) in [6, 6.07) is 25.8. The van der Waals surface area contributed by atoms with Crippen molar-refractivity contribution < 1.29 is 14.4 Å². The highest BCUT2D eigenvalue weighted by Gasteiger charge is 2.39. The fraction of sp³-hybridized carbons (Fsp3) is 0.341. The summed E-state index contributed by atoms with van der Waals surface area (Å²) in [5.41, 5.74) is 7.07. The number of carbonyl (C=O) groups excluding carboxylic acids is 3. The van der Waals surface area contributed by atoms with Crippen LogP contribution in [-0.2, 0) is 14.4 Å². The van der Waals surface area contributed by atoms with Crippen LogP contribution in [0, 0.1) is 0 Å². The van der Waals surface area contributed by atoms with Crippen molar-refractivity contribution in [2.45, 2.75) is 62.7 Å². The van der Waals surface area contributed by atoms with E-state index in [1.54, 1.807) is 0 Å². The molecule has 11 heteroatoms. The number of nitrogens with zero attached hydrogens (tertiary/aromatic N) is 5. The van der Waals surface area contributed by atoms with Crippen molar-refractivity contribution in [3.05, 3.63) is 108 Å². The fourth-order valence-electron chi connectivity index (χ4n) is 8.07. The van der Waals surface area contributed by atoms with E-state index in [0.29, 0.717) is 25.9 Å². The van der Waals surface area contributed by atoms with Crippen LogP contribution in [-0.4, -0.2) is 85.6 Å². The molecule has 3 aliphatic rings. The molecule has 8 rings (SSSR count). The lowest BCUT2D eigenvalue weighted by Crippen LogP contribution is -2.44. The molecular weight excluding hydrogens is 653 g/mol.